The highest BCUT2D eigenvalue weighted by Gasteiger charge is 2.30. The third-order valence-corrected chi connectivity index (χ3v) is 6.08. The first kappa shape index (κ1) is 25.5. The Morgan fingerprint density at radius 1 is 1.11 bits per heavy atom. The topological polar surface area (TPSA) is 117 Å². The van der Waals surface area contributed by atoms with Crippen molar-refractivity contribution in [3.05, 3.63) is 94.0 Å². The van der Waals surface area contributed by atoms with Crippen molar-refractivity contribution < 1.29 is 29.0 Å². The molecule has 0 aliphatic carbocycles. The minimum absolute atomic E-state index is 0.0731. The number of phenols is 1. The molecule has 1 aliphatic rings. The van der Waals surface area contributed by atoms with Crippen LogP contribution in [0.1, 0.15) is 56.3 Å². The van der Waals surface area contributed by atoms with Crippen LogP contribution in [0.25, 0.3) is 0 Å². The number of rotatable bonds is 10. The van der Waals surface area contributed by atoms with Gasteiger partial charge >= 0.3 is 5.97 Å². The summed E-state index contributed by atoms with van der Waals surface area (Å²) in [5, 5.41) is 20.0. The average Bonchev–Trinajstić information content (AvgIpc) is 3.22. The first-order chi connectivity index (χ1) is 17.9. The monoisotopic (exact) mass is 498 g/mol. The molecule has 0 aromatic heterocycles. The summed E-state index contributed by atoms with van der Waals surface area (Å²) < 4.78 is 10.9. The number of aromatic hydroxyl groups is 1. The molecule has 37 heavy (non-hydrogen) atoms. The second kappa shape index (κ2) is 11.4. The zero-order valence-corrected chi connectivity index (χ0v) is 20.4. The summed E-state index contributed by atoms with van der Waals surface area (Å²) in [4.78, 5) is 39.3. The van der Waals surface area contributed by atoms with Crippen LogP contribution >= 0.6 is 0 Å². The highest BCUT2D eigenvalue weighted by atomic mass is 16.6. The van der Waals surface area contributed by atoms with Crippen molar-refractivity contribution in [3.63, 3.8) is 0 Å². The number of hydrogen-bond acceptors (Lipinski definition) is 7. The molecule has 0 saturated heterocycles. The third kappa shape index (κ3) is 5.78. The van der Waals surface area contributed by atoms with Crippen LogP contribution in [-0.4, -0.2) is 40.8 Å². The largest absolute Gasteiger partial charge is 0.507 e. The molecular formula is C29H26N2O6. The standard InChI is InChI=1S/C29H26N2O6/c1-2-6-24-26(36-18-27(33)37-17-19-7-4-3-5-8-19)12-11-23(28(24)34)25(32)16-31-15-21-13-20(14-30)9-10-22(21)29(31)35/h3-5,7-13,34H,2,6,15-18H2,1H3. The van der Waals surface area contributed by atoms with E-state index in [2.05, 4.69) is 0 Å². The number of Topliss-reactive ketones (excluding diaryl/α,β-unsaturated/α-hetero) is 1. The molecule has 3 aromatic carbocycles. The Balaban J connectivity index is 1.42. The van der Waals surface area contributed by atoms with Crippen molar-refractivity contribution in [1.82, 2.24) is 4.90 Å². The number of ketones is 1. The van der Waals surface area contributed by atoms with E-state index in [1.54, 1.807) is 24.3 Å². The molecule has 0 spiro atoms. The summed E-state index contributed by atoms with van der Waals surface area (Å²) in [6, 6.07) is 19.1. The van der Waals surface area contributed by atoms with Gasteiger partial charge in [-0.2, -0.15) is 5.26 Å². The van der Waals surface area contributed by atoms with E-state index < -0.39 is 11.8 Å². The van der Waals surface area contributed by atoms with Gasteiger partial charge in [0.25, 0.3) is 5.91 Å². The fraction of sp³-hybridized carbons (Fsp3) is 0.241. The van der Waals surface area contributed by atoms with E-state index in [0.717, 1.165) is 5.56 Å². The van der Waals surface area contributed by atoms with Crippen LogP contribution in [0.2, 0.25) is 0 Å². The summed E-state index contributed by atoms with van der Waals surface area (Å²) >= 11 is 0. The van der Waals surface area contributed by atoms with Crippen molar-refractivity contribution in [3.8, 4) is 17.6 Å². The number of ether oxygens (including phenoxy) is 2. The van der Waals surface area contributed by atoms with Gasteiger partial charge in [-0.05, 0) is 47.9 Å². The summed E-state index contributed by atoms with van der Waals surface area (Å²) in [6.07, 6.45) is 1.09. The molecule has 3 aromatic rings. The average molecular weight is 499 g/mol. The number of nitrogens with zero attached hydrogens (tertiary/aromatic N) is 2. The number of phenolic OH excluding ortho intramolecular Hbond substituents is 1. The third-order valence-electron chi connectivity index (χ3n) is 6.08. The van der Waals surface area contributed by atoms with Gasteiger partial charge in [0.1, 0.15) is 18.1 Å². The Hall–Kier alpha value is -4.64. The van der Waals surface area contributed by atoms with Gasteiger partial charge in [-0.25, -0.2) is 4.79 Å². The molecular weight excluding hydrogens is 472 g/mol. The van der Waals surface area contributed by atoms with Crippen LogP contribution in [-0.2, 0) is 29.1 Å². The minimum Gasteiger partial charge on any atom is -0.507 e. The van der Waals surface area contributed by atoms with Gasteiger partial charge in [0, 0.05) is 17.7 Å². The molecule has 0 fully saturated rings. The Morgan fingerprint density at radius 3 is 2.62 bits per heavy atom. The smallest absolute Gasteiger partial charge is 0.344 e. The predicted octanol–water partition coefficient (Wildman–Crippen LogP) is 4.18. The number of nitriles is 1. The first-order valence-corrected chi connectivity index (χ1v) is 11.9. The molecule has 1 amide bonds. The Kier molecular flexibility index (Phi) is 7.84. The Bertz CT molecular complexity index is 1380. The highest BCUT2D eigenvalue weighted by molar-refractivity contribution is 6.05. The van der Waals surface area contributed by atoms with Crippen molar-refractivity contribution in [2.75, 3.05) is 13.2 Å². The van der Waals surface area contributed by atoms with E-state index in [9.17, 15) is 19.5 Å². The molecule has 0 unspecified atom stereocenters. The molecule has 8 nitrogen and oxygen atoms in total. The normalized spacial score (nSPS) is 12.1. The van der Waals surface area contributed by atoms with Crippen molar-refractivity contribution in [1.29, 1.82) is 5.26 Å². The summed E-state index contributed by atoms with van der Waals surface area (Å²) in [5.41, 5.74) is 2.94. The number of amides is 1. The van der Waals surface area contributed by atoms with Gasteiger partial charge < -0.3 is 19.5 Å². The minimum atomic E-state index is -0.558. The molecule has 1 N–H and O–H groups in total. The van der Waals surface area contributed by atoms with Crippen molar-refractivity contribution >= 4 is 17.7 Å². The maximum Gasteiger partial charge on any atom is 0.344 e. The van der Waals surface area contributed by atoms with Gasteiger partial charge in [0.15, 0.2) is 12.4 Å². The van der Waals surface area contributed by atoms with E-state index in [1.807, 2.05) is 43.3 Å². The van der Waals surface area contributed by atoms with Crippen LogP contribution in [0.5, 0.6) is 11.5 Å². The Morgan fingerprint density at radius 2 is 1.89 bits per heavy atom. The molecule has 188 valence electrons. The molecule has 4 rings (SSSR count). The van der Waals surface area contributed by atoms with Crippen LogP contribution in [0.4, 0.5) is 0 Å². The van der Waals surface area contributed by atoms with Gasteiger partial charge in [0.2, 0.25) is 0 Å². The predicted molar refractivity (Wildman–Crippen MR) is 134 cm³/mol. The lowest BCUT2D eigenvalue weighted by Crippen LogP contribution is -2.30. The number of esters is 1. The number of carbonyl (C=O) groups excluding carboxylic acids is 3. The summed E-state index contributed by atoms with van der Waals surface area (Å²) in [6.45, 7) is 1.69. The van der Waals surface area contributed by atoms with Gasteiger partial charge in [0.05, 0.1) is 23.7 Å². The number of benzene rings is 3. The SMILES string of the molecule is CCCc1c(OCC(=O)OCc2ccccc2)ccc(C(=O)CN2Cc3cc(C#N)ccc3C2=O)c1O. The molecule has 8 heteroatoms. The van der Waals surface area contributed by atoms with E-state index in [1.165, 1.54) is 11.0 Å². The second-order valence-electron chi connectivity index (χ2n) is 8.69. The van der Waals surface area contributed by atoms with E-state index >= 15 is 0 Å². The quantitative estimate of drug-likeness (QED) is 0.329. The van der Waals surface area contributed by atoms with Crippen LogP contribution < -0.4 is 4.74 Å². The Labute approximate surface area is 214 Å². The van der Waals surface area contributed by atoms with Crippen LogP contribution in [0, 0.1) is 11.3 Å². The molecule has 1 aliphatic heterocycles. The molecule has 0 bridgehead atoms. The molecule has 0 saturated carbocycles. The van der Waals surface area contributed by atoms with Gasteiger partial charge in [-0.15, -0.1) is 0 Å². The second-order valence-corrected chi connectivity index (χ2v) is 8.69. The first-order valence-electron chi connectivity index (χ1n) is 11.9. The fourth-order valence-corrected chi connectivity index (χ4v) is 4.22. The number of carbonyl (C=O) groups is 3. The van der Waals surface area contributed by atoms with Crippen LogP contribution in [0.3, 0.4) is 0 Å². The lowest BCUT2D eigenvalue weighted by Gasteiger charge is -2.18. The van der Waals surface area contributed by atoms with Crippen molar-refractivity contribution in [2.45, 2.75) is 32.9 Å². The van der Waals surface area contributed by atoms with E-state index in [4.69, 9.17) is 14.7 Å². The zero-order chi connectivity index (χ0) is 26.4. The lowest BCUT2D eigenvalue weighted by atomic mass is 10.0. The summed E-state index contributed by atoms with van der Waals surface area (Å²) in [7, 11) is 0. The number of fused-ring (bicyclic) bond motifs is 1. The fourth-order valence-electron chi connectivity index (χ4n) is 4.22. The lowest BCUT2D eigenvalue weighted by molar-refractivity contribution is -0.147. The summed E-state index contributed by atoms with van der Waals surface area (Å²) in [5.74, 6) is -1.21. The van der Waals surface area contributed by atoms with E-state index in [0.29, 0.717) is 40.8 Å². The van der Waals surface area contributed by atoms with Crippen molar-refractivity contribution in [2.24, 2.45) is 0 Å². The number of hydrogen-bond donors (Lipinski definition) is 1. The molecule has 1 heterocycles. The molecule has 0 radical (unpaired) electrons. The maximum absolute atomic E-state index is 13.1. The highest BCUT2D eigenvalue weighted by Crippen LogP contribution is 2.34. The van der Waals surface area contributed by atoms with E-state index in [-0.39, 0.29) is 43.5 Å². The van der Waals surface area contributed by atoms with Gasteiger partial charge in [-0.1, -0.05) is 43.7 Å². The van der Waals surface area contributed by atoms with Gasteiger partial charge in [-0.3, -0.25) is 9.59 Å². The maximum atomic E-state index is 13.1. The molecule has 0 atom stereocenters. The van der Waals surface area contributed by atoms with Crippen LogP contribution in [0.15, 0.2) is 60.7 Å². The zero-order valence-electron chi connectivity index (χ0n) is 20.4.